The Balaban J connectivity index is 1.13. The van der Waals surface area contributed by atoms with Crippen LogP contribution in [0, 0.1) is 11.3 Å². The largest absolute Gasteiger partial charge is 0.480 e. The lowest BCUT2D eigenvalue weighted by Crippen LogP contribution is -2.48. The molecule has 2 aromatic carbocycles. The molecule has 2 amide bonds. The predicted octanol–water partition coefficient (Wildman–Crippen LogP) is 4.46. The monoisotopic (exact) mass is 476 g/mol. The van der Waals surface area contributed by atoms with Crippen LogP contribution in [0.15, 0.2) is 48.5 Å². The van der Waals surface area contributed by atoms with E-state index in [1.807, 2.05) is 24.3 Å². The van der Waals surface area contributed by atoms with Crippen LogP contribution in [-0.2, 0) is 14.3 Å². The molecule has 0 radical (unpaired) electrons. The van der Waals surface area contributed by atoms with E-state index < -0.39 is 18.1 Å². The van der Waals surface area contributed by atoms with Gasteiger partial charge in [0.1, 0.15) is 12.6 Å². The van der Waals surface area contributed by atoms with Gasteiger partial charge in [-0.3, -0.25) is 4.79 Å². The van der Waals surface area contributed by atoms with Gasteiger partial charge in [0, 0.05) is 18.9 Å². The standard InChI is InChI=1S/C28H32N2O5/c31-25(30-24(26(32)33)14-18-10-11-18)15-28(12-5-13-28)17-29-27(34)35-16-23-21-8-3-1-6-19(21)20-7-2-4-9-22(20)23/h1-4,6-9,18,23-24H,5,10-17H2,(H,29,34)(H,30,31)(H,32,33)/t24-/m0/s1. The Morgan fingerprint density at radius 1 is 1.00 bits per heavy atom. The van der Waals surface area contributed by atoms with E-state index in [9.17, 15) is 19.5 Å². The van der Waals surface area contributed by atoms with Crippen LogP contribution in [0.4, 0.5) is 4.79 Å². The molecule has 3 N–H and O–H groups in total. The summed E-state index contributed by atoms with van der Waals surface area (Å²) in [6.07, 6.45) is 4.92. The van der Waals surface area contributed by atoms with Crippen molar-refractivity contribution in [3.05, 3.63) is 59.7 Å². The highest BCUT2D eigenvalue weighted by molar-refractivity contribution is 5.84. The number of rotatable bonds is 10. The Morgan fingerprint density at radius 3 is 2.17 bits per heavy atom. The van der Waals surface area contributed by atoms with Gasteiger partial charge >= 0.3 is 12.1 Å². The fourth-order valence-corrected chi connectivity index (χ4v) is 5.50. The molecule has 1 atom stereocenters. The third kappa shape index (κ3) is 5.19. The first-order valence-corrected chi connectivity index (χ1v) is 12.6. The van der Waals surface area contributed by atoms with Gasteiger partial charge in [0.2, 0.25) is 5.91 Å². The number of nitrogens with one attached hydrogen (secondary N) is 2. The van der Waals surface area contributed by atoms with Crippen molar-refractivity contribution in [1.29, 1.82) is 0 Å². The molecule has 2 saturated carbocycles. The fraction of sp³-hybridized carbons (Fsp3) is 0.464. The van der Waals surface area contributed by atoms with Crippen LogP contribution in [0.25, 0.3) is 11.1 Å². The number of carbonyl (C=O) groups excluding carboxylic acids is 2. The summed E-state index contributed by atoms with van der Waals surface area (Å²) in [6.45, 7) is 0.590. The molecular formula is C28H32N2O5. The Hall–Kier alpha value is -3.35. The molecule has 3 aliphatic carbocycles. The first-order chi connectivity index (χ1) is 16.9. The molecule has 35 heavy (non-hydrogen) atoms. The number of alkyl carbamates (subject to hydrolysis) is 1. The van der Waals surface area contributed by atoms with E-state index in [4.69, 9.17) is 4.74 Å². The minimum atomic E-state index is -0.982. The predicted molar refractivity (Wildman–Crippen MR) is 131 cm³/mol. The van der Waals surface area contributed by atoms with E-state index in [0.29, 0.717) is 18.9 Å². The van der Waals surface area contributed by atoms with Crippen LogP contribution in [0.3, 0.4) is 0 Å². The van der Waals surface area contributed by atoms with Gasteiger partial charge in [-0.2, -0.15) is 0 Å². The highest BCUT2D eigenvalue weighted by Crippen LogP contribution is 2.45. The minimum absolute atomic E-state index is 0.00369. The Labute approximate surface area is 205 Å². The van der Waals surface area contributed by atoms with Crippen molar-refractivity contribution in [1.82, 2.24) is 10.6 Å². The molecule has 0 heterocycles. The molecular weight excluding hydrogens is 444 g/mol. The maximum Gasteiger partial charge on any atom is 0.407 e. The van der Waals surface area contributed by atoms with E-state index in [1.54, 1.807) is 0 Å². The smallest absolute Gasteiger partial charge is 0.407 e. The highest BCUT2D eigenvalue weighted by atomic mass is 16.5. The molecule has 0 bridgehead atoms. The summed E-state index contributed by atoms with van der Waals surface area (Å²) in [5, 5.41) is 15.0. The minimum Gasteiger partial charge on any atom is -0.480 e. The summed E-state index contributed by atoms with van der Waals surface area (Å²) in [7, 11) is 0. The van der Waals surface area contributed by atoms with Crippen molar-refractivity contribution in [2.75, 3.05) is 13.2 Å². The van der Waals surface area contributed by atoms with Crippen LogP contribution in [0.2, 0.25) is 0 Å². The number of aliphatic carboxylic acids is 1. The van der Waals surface area contributed by atoms with Crippen molar-refractivity contribution in [2.45, 2.75) is 56.9 Å². The first kappa shape index (κ1) is 23.4. The van der Waals surface area contributed by atoms with Crippen molar-refractivity contribution >= 4 is 18.0 Å². The summed E-state index contributed by atoms with van der Waals surface area (Å²) in [5.74, 6) is -0.836. The molecule has 0 aliphatic heterocycles. The van der Waals surface area contributed by atoms with Gasteiger partial charge in [-0.25, -0.2) is 9.59 Å². The Morgan fingerprint density at radius 2 is 1.63 bits per heavy atom. The van der Waals surface area contributed by atoms with Crippen LogP contribution in [0.5, 0.6) is 0 Å². The van der Waals surface area contributed by atoms with Crippen LogP contribution >= 0.6 is 0 Å². The number of hydrogen-bond acceptors (Lipinski definition) is 4. The van der Waals surface area contributed by atoms with Crippen molar-refractivity contribution in [3.8, 4) is 11.1 Å². The molecule has 3 aliphatic rings. The molecule has 0 spiro atoms. The molecule has 184 valence electrons. The quantitative estimate of drug-likeness (QED) is 0.470. The van der Waals surface area contributed by atoms with Gasteiger partial charge < -0.3 is 20.5 Å². The second-order valence-electron chi connectivity index (χ2n) is 10.3. The molecule has 2 fully saturated rings. The number of carboxylic acid groups (broad SMARTS) is 1. The van der Waals surface area contributed by atoms with Crippen LogP contribution in [-0.4, -0.2) is 42.3 Å². The van der Waals surface area contributed by atoms with Gasteiger partial charge in [-0.1, -0.05) is 67.8 Å². The van der Waals surface area contributed by atoms with Gasteiger partial charge in [0.25, 0.3) is 0 Å². The number of carboxylic acids is 1. The lowest BCUT2D eigenvalue weighted by atomic mass is 9.66. The van der Waals surface area contributed by atoms with Crippen LogP contribution < -0.4 is 10.6 Å². The van der Waals surface area contributed by atoms with E-state index in [2.05, 4.69) is 34.9 Å². The van der Waals surface area contributed by atoms with Crippen molar-refractivity contribution in [2.24, 2.45) is 11.3 Å². The van der Waals surface area contributed by atoms with E-state index in [-0.39, 0.29) is 30.3 Å². The molecule has 7 nitrogen and oxygen atoms in total. The van der Waals surface area contributed by atoms with Crippen LogP contribution in [0.1, 0.15) is 62.0 Å². The summed E-state index contributed by atoms with van der Waals surface area (Å²) < 4.78 is 5.63. The molecule has 0 unspecified atom stereocenters. The average molecular weight is 477 g/mol. The topological polar surface area (TPSA) is 105 Å². The Bertz CT molecular complexity index is 1080. The lowest BCUT2D eigenvalue weighted by molar-refractivity contribution is -0.142. The number of hydrogen-bond donors (Lipinski definition) is 3. The third-order valence-electron chi connectivity index (χ3n) is 7.80. The number of ether oxygens (including phenoxy) is 1. The third-order valence-corrected chi connectivity index (χ3v) is 7.80. The SMILES string of the molecule is O=C(CC1(CNC(=O)OCC2c3ccccc3-c3ccccc32)CCC1)N[C@@H](CC1CC1)C(=O)O. The maximum absolute atomic E-state index is 12.6. The number of fused-ring (bicyclic) bond motifs is 3. The number of carbonyl (C=O) groups is 3. The summed E-state index contributed by atoms with van der Waals surface area (Å²) in [5.41, 5.74) is 4.34. The van der Waals surface area contributed by atoms with E-state index >= 15 is 0 Å². The van der Waals surface area contributed by atoms with Gasteiger partial charge in [-0.05, 0) is 52.8 Å². The molecule has 5 rings (SSSR count). The average Bonchev–Trinajstić information content (AvgIpc) is 3.59. The number of amides is 2. The zero-order valence-corrected chi connectivity index (χ0v) is 19.8. The van der Waals surface area contributed by atoms with Crippen molar-refractivity contribution < 1.29 is 24.2 Å². The lowest BCUT2D eigenvalue weighted by Gasteiger charge is -2.41. The van der Waals surface area contributed by atoms with Gasteiger partial charge in [0.05, 0.1) is 0 Å². The molecule has 0 saturated heterocycles. The summed E-state index contributed by atoms with van der Waals surface area (Å²) >= 11 is 0. The van der Waals surface area contributed by atoms with Gasteiger partial charge in [-0.15, -0.1) is 0 Å². The molecule has 0 aromatic heterocycles. The number of benzene rings is 2. The van der Waals surface area contributed by atoms with E-state index in [0.717, 1.165) is 43.2 Å². The molecule has 7 heteroatoms. The maximum atomic E-state index is 12.6. The summed E-state index contributed by atoms with van der Waals surface area (Å²) in [4.78, 5) is 36.7. The Kier molecular flexibility index (Phi) is 6.50. The van der Waals surface area contributed by atoms with Crippen molar-refractivity contribution in [3.63, 3.8) is 0 Å². The highest BCUT2D eigenvalue weighted by Gasteiger charge is 2.40. The summed E-state index contributed by atoms with van der Waals surface area (Å²) in [6, 6.07) is 15.6. The normalized spacial score (nSPS) is 18.5. The molecule has 2 aromatic rings. The zero-order valence-electron chi connectivity index (χ0n) is 19.8. The van der Waals surface area contributed by atoms with E-state index in [1.165, 1.54) is 11.1 Å². The second kappa shape index (κ2) is 9.72. The second-order valence-corrected chi connectivity index (χ2v) is 10.3. The first-order valence-electron chi connectivity index (χ1n) is 12.6. The van der Waals surface area contributed by atoms with Gasteiger partial charge in [0.15, 0.2) is 0 Å². The zero-order chi connectivity index (χ0) is 24.4. The fourth-order valence-electron chi connectivity index (χ4n) is 5.50.